The molecule has 0 fully saturated rings. The van der Waals surface area contributed by atoms with E-state index >= 15 is 0 Å². The number of benzene rings is 2. The van der Waals surface area contributed by atoms with Crippen LogP contribution in [-0.2, 0) is 19.6 Å². The van der Waals surface area contributed by atoms with E-state index in [4.69, 9.17) is 33.0 Å². The number of aryl methyl sites for hydroxylation is 3. The summed E-state index contributed by atoms with van der Waals surface area (Å²) >= 11 is 12.1. The molecule has 6 heteroatoms. The quantitative estimate of drug-likeness (QED) is 0.382. The lowest BCUT2D eigenvalue weighted by Crippen LogP contribution is -2.07. The minimum absolute atomic E-state index is 0.430. The Morgan fingerprint density at radius 1 is 1.03 bits per heavy atom. The first-order valence-electron chi connectivity index (χ1n) is 9.84. The number of hydrogen-bond donors (Lipinski definition) is 0. The summed E-state index contributed by atoms with van der Waals surface area (Å²) in [7, 11) is 0. The molecule has 0 saturated carbocycles. The highest BCUT2D eigenvalue weighted by atomic mass is 35.5. The molecular formula is C23H21Cl2N3O. The largest absolute Gasteiger partial charge is 0.485 e. The number of rotatable bonds is 4. The molecule has 0 aliphatic carbocycles. The number of halogens is 2. The summed E-state index contributed by atoms with van der Waals surface area (Å²) in [6, 6.07) is 13.7. The first-order valence-corrected chi connectivity index (χ1v) is 10.6. The Hall–Kier alpha value is -2.43. The lowest BCUT2D eigenvalue weighted by Gasteiger charge is -2.10. The van der Waals surface area contributed by atoms with E-state index in [1.807, 2.05) is 41.8 Å². The molecule has 2 aromatic heterocycles. The second-order valence-corrected chi connectivity index (χ2v) is 8.39. The highest BCUT2D eigenvalue weighted by Gasteiger charge is 2.22. The van der Waals surface area contributed by atoms with Gasteiger partial charge in [-0.15, -0.1) is 5.10 Å². The van der Waals surface area contributed by atoms with Crippen LogP contribution in [0.2, 0.25) is 10.0 Å². The average Bonchev–Trinajstić information content (AvgIpc) is 3.11. The van der Waals surface area contributed by atoms with Crippen molar-refractivity contribution < 1.29 is 4.74 Å². The molecule has 0 radical (unpaired) electrons. The van der Waals surface area contributed by atoms with E-state index in [9.17, 15) is 0 Å². The van der Waals surface area contributed by atoms with Gasteiger partial charge in [0.2, 0.25) is 0 Å². The summed E-state index contributed by atoms with van der Waals surface area (Å²) < 4.78 is 10.4. The Morgan fingerprint density at radius 2 is 1.83 bits per heavy atom. The Morgan fingerprint density at radius 3 is 2.62 bits per heavy atom. The summed E-state index contributed by atoms with van der Waals surface area (Å²) in [4.78, 5) is 0. The summed E-state index contributed by atoms with van der Waals surface area (Å²) in [6.45, 7) is 3.39. The summed E-state index contributed by atoms with van der Waals surface area (Å²) in [6.07, 6.45) is 5.48. The lowest BCUT2D eigenvalue weighted by atomic mass is 10.0. The number of hydrogen-bond acceptors (Lipinski definition) is 2. The Balaban J connectivity index is 1.52. The normalized spacial score (nSPS) is 13.6. The summed E-state index contributed by atoms with van der Waals surface area (Å²) in [5, 5.41) is 6.33. The molecule has 2 aromatic carbocycles. The van der Waals surface area contributed by atoms with Crippen molar-refractivity contribution in [2.24, 2.45) is 0 Å². The van der Waals surface area contributed by atoms with E-state index in [1.165, 1.54) is 28.8 Å². The van der Waals surface area contributed by atoms with Crippen LogP contribution in [0.15, 0.2) is 48.7 Å². The van der Waals surface area contributed by atoms with Crippen molar-refractivity contribution in [2.75, 3.05) is 0 Å². The van der Waals surface area contributed by atoms with Gasteiger partial charge >= 0.3 is 0 Å². The molecule has 0 unspecified atom stereocenters. The van der Waals surface area contributed by atoms with E-state index in [2.05, 4.69) is 22.9 Å². The number of aromatic nitrogens is 3. The fraction of sp³-hybridized carbons (Fsp3) is 0.261. The standard InChI is InChI=1S/C23H21Cl2N3O/c1-15-12-18(25)9-10-21(15)29-14-22-26-28-13-20(16-5-7-17(24)8-6-16)19-4-2-3-11-27(22)23(19)28/h5-10,12-13H,2-4,11,14H2,1H3. The third kappa shape index (κ3) is 3.41. The van der Waals surface area contributed by atoms with Crippen LogP contribution in [0, 0.1) is 6.92 Å². The van der Waals surface area contributed by atoms with E-state index in [0.29, 0.717) is 6.61 Å². The SMILES string of the molecule is Cc1cc(Cl)ccc1OCc1nn2cc(-c3ccc(Cl)cc3)c3c2n1CCCC3. The maximum Gasteiger partial charge on any atom is 0.169 e. The van der Waals surface area contributed by atoms with Gasteiger partial charge in [-0.3, -0.25) is 0 Å². The van der Waals surface area contributed by atoms with E-state index in [1.54, 1.807) is 0 Å². The first kappa shape index (κ1) is 18.6. The molecule has 0 N–H and O–H groups in total. The molecule has 0 saturated heterocycles. The Labute approximate surface area is 179 Å². The zero-order valence-corrected chi connectivity index (χ0v) is 17.7. The van der Waals surface area contributed by atoms with Gasteiger partial charge in [0.15, 0.2) is 5.82 Å². The van der Waals surface area contributed by atoms with Gasteiger partial charge in [-0.1, -0.05) is 35.3 Å². The molecule has 0 spiro atoms. The van der Waals surface area contributed by atoms with Gasteiger partial charge in [-0.25, -0.2) is 4.52 Å². The van der Waals surface area contributed by atoms with Gasteiger partial charge in [0.25, 0.3) is 0 Å². The number of nitrogens with zero attached hydrogens (tertiary/aromatic N) is 3. The van der Waals surface area contributed by atoms with Gasteiger partial charge in [-0.05, 0) is 67.6 Å². The molecule has 0 atom stereocenters. The van der Waals surface area contributed by atoms with E-state index in [0.717, 1.165) is 46.6 Å². The van der Waals surface area contributed by atoms with Gasteiger partial charge in [-0.2, -0.15) is 0 Å². The van der Waals surface area contributed by atoms with Gasteiger partial charge in [0.05, 0.1) is 0 Å². The van der Waals surface area contributed by atoms with Crippen LogP contribution in [-0.4, -0.2) is 14.2 Å². The summed E-state index contributed by atoms with van der Waals surface area (Å²) in [5.74, 6) is 1.78. The molecule has 1 aliphatic heterocycles. The van der Waals surface area contributed by atoms with Crippen LogP contribution in [0.1, 0.15) is 29.8 Å². The minimum Gasteiger partial charge on any atom is -0.485 e. The minimum atomic E-state index is 0.430. The number of ether oxygens (including phenoxy) is 1. The Kier molecular flexibility index (Phi) is 4.76. The topological polar surface area (TPSA) is 31.5 Å². The van der Waals surface area contributed by atoms with Crippen molar-refractivity contribution in [1.29, 1.82) is 0 Å². The van der Waals surface area contributed by atoms with Crippen LogP contribution in [0.5, 0.6) is 5.75 Å². The summed E-state index contributed by atoms with van der Waals surface area (Å²) in [5.41, 5.74) is 5.97. The predicted octanol–water partition coefficient (Wildman–Crippen LogP) is 6.33. The maximum atomic E-state index is 6.08. The monoisotopic (exact) mass is 425 g/mol. The predicted molar refractivity (Wildman–Crippen MR) is 117 cm³/mol. The van der Waals surface area contributed by atoms with Crippen LogP contribution in [0.3, 0.4) is 0 Å². The van der Waals surface area contributed by atoms with Crippen molar-refractivity contribution in [3.8, 4) is 16.9 Å². The fourth-order valence-electron chi connectivity index (χ4n) is 4.14. The molecule has 29 heavy (non-hydrogen) atoms. The highest BCUT2D eigenvalue weighted by molar-refractivity contribution is 6.30. The van der Waals surface area contributed by atoms with Gasteiger partial charge in [0.1, 0.15) is 18.0 Å². The molecule has 3 heterocycles. The van der Waals surface area contributed by atoms with Crippen LogP contribution < -0.4 is 4.74 Å². The second-order valence-electron chi connectivity index (χ2n) is 7.52. The molecule has 0 amide bonds. The molecular weight excluding hydrogens is 405 g/mol. The van der Waals surface area contributed by atoms with E-state index < -0.39 is 0 Å². The second kappa shape index (κ2) is 7.43. The third-order valence-corrected chi connectivity index (χ3v) is 6.05. The van der Waals surface area contributed by atoms with E-state index in [-0.39, 0.29) is 0 Å². The van der Waals surface area contributed by atoms with Crippen molar-refractivity contribution >= 4 is 28.8 Å². The lowest BCUT2D eigenvalue weighted by molar-refractivity contribution is 0.286. The zero-order valence-electron chi connectivity index (χ0n) is 16.2. The van der Waals surface area contributed by atoms with Gasteiger partial charge < -0.3 is 9.30 Å². The third-order valence-electron chi connectivity index (χ3n) is 5.56. The van der Waals surface area contributed by atoms with Crippen LogP contribution >= 0.6 is 23.2 Å². The van der Waals surface area contributed by atoms with Crippen molar-refractivity contribution in [1.82, 2.24) is 14.2 Å². The molecule has 148 valence electrons. The van der Waals surface area contributed by atoms with Crippen molar-refractivity contribution in [3.63, 3.8) is 0 Å². The molecule has 4 nitrogen and oxygen atoms in total. The first-order chi connectivity index (χ1) is 14.1. The van der Waals surface area contributed by atoms with Crippen LogP contribution in [0.4, 0.5) is 0 Å². The van der Waals surface area contributed by atoms with Gasteiger partial charge in [0, 0.05) is 33.9 Å². The van der Waals surface area contributed by atoms with Crippen LogP contribution in [0.25, 0.3) is 16.8 Å². The Bertz CT molecular complexity index is 1190. The smallest absolute Gasteiger partial charge is 0.169 e. The fourth-order valence-corrected chi connectivity index (χ4v) is 4.49. The van der Waals surface area contributed by atoms with Crippen molar-refractivity contribution in [3.05, 3.63) is 75.7 Å². The molecule has 5 rings (SSSR count). The van der Waals surface area contributed by atoms with Crippen molar-refractivity contribution in [2.45, 2.75) is 39.3 Å². The maximum absolute atomic E-state index is 6.08. The highest BCUT2D eigenvalue weighted by Crippen LogP contribution is 2.33. The zero-order chi connectivity index (χ0) is 20.0. The molecule has 4 aromatic rings. The molecule has 0 bridgehead atoms. The average molecular weight is 426 g/mol. The molecule has 1 aliphatic rings.